The van der Waals surface area contributed by atoms with Crippen LogP contribution in [0.15, 0.2) is 102 Å². The molecule has 3 N–H and O–H groups in total. The molecule has 0 aliphatic rings. The normalized spacial score (nSPS) is 11.2. The highest BCUT2D eigenvalue weighted by molar-refractivity contribution is 6.06. The molecule has 0 spiro atoms. The lowest BCUT2D eigenvalue weighted by atomic mass is 10.1. The number of amides is 1. The van der Waals surface area contributed by atoms with Crippen LogP contribution in [0.3, 0.4) is 0 Å². The quantitative estimate of drug-likeness (QED) is 0.133. The maximum absolute atomic E-state index is 15.3. The van der Waals surface area contributed by atoms with Crippen LogP contribution in [0.25, 0.3) is 22.6 Å². The molecule has 9 nitrogen and oxygen atoms in total. The lowest BCUT2D eigenvalue weighted by Crippen LogP contribution is -2.29. The maximum Gasteiger partial charge on any atom is 0.271 e. The molecule has 3 aromatic heterocycles. The summed E-state index contributed by atoms with van der Waals surface area (Å²) in [5, 5.41) is 10.1. The molecule has 0 saturated carbocycles. The van der Waals surface area contributed by atoms with E-state index >= 15 is 4.39 Å². The minimum atomic E-state index is -0.823. The van der Waals surface area contributed by atoms with E-state index in [0.29, 0.717) is 11.4 Å². The minimum Gasteiger partial charge on any atom is -0.493 e. The average Bonchev–Trinajstić information content (AvgIpc) is 3.50. The number of H-pyrrole nitrogens is 1. The van der Waals surface area contributed by atoms with Gasteiger partial charge in [-0.25, -0.2) is 8.78 Å². The molecule has 0 aliphatic carbocycles. The van der Waals surface area contributed by atoms with Crippen molar-refractivity contribution in [3.63, 3.8) is 0 Å². The van der Waals surface area contributed by atoms with Crippen molar-refractivity contribution in [3.05, 3.63) is 131 Å². The number of hydrogen-bond acceptors (Lipinski definition) is 6. The highest BCUT2D eigenvalue weighted by Crippen LogP contribution is 2.31. The molecule has 216 valence electrons. The molecule has 5 aromatic rings. The summed E-state index contributed by atoms with van der Waals surface area (Å²) in [6, 6.07) is 15.9. The minimum absolute atomic E-state index is 0.0427. The zero-order chi connectivity index (χ0) is 30.3. The Morgan fingerprint density at radius 1 is 1.05 bits per heavy atom. The topological polar surface area (TPSA) is 122 Å². The fourth-order valence-electron chi connectivity index (χ4n) is 4.37. The third-order valence-corrected chi connectivity index (χ3v) is 6.31. The summed E-state index contributed by atoms with van der Waals surface area (Å²) in [6.45, 7) is 1.89. The SMILES string of the molecule is CCOc1ccn(-c2ccc(F)cc2)c(=O)c1C(=O)Nc1ccc(O/C(=C/C=N)c2[nH]ccc2-c2ccncc2)c(F)c1. The number of allylic oxidation sites excluding steroid dienone is 1. The number of ether oxygens (including phenoxy) is 2. The lowest BCUT2D eigenvalue weighted by Gasteiger charge is -2.15. The van der Waals surface area contributed by atoms with Crippen molar-refractivity contribution in [1.29, 1.82) is 5.41 Å². The number of rotatable bonds is 10. The molecule has 0 unspecified atom stereocenters. The molecule has 2 aromatic carbocycles. The van der Waals surface area contributed by atoms with E-state index in [4.69, 9.17) is 14.9 Å². The van der Waals surface area contributed by atoms with E-state index in [-0.39, 0.29) is 35.1 Å². The number of carbonyl (C=O) groups is 1. The first-order valence-electron chi connectivity index (χ1n) is 13.1. The van der Waals surface area contributed by atoms with E-state index in [1.54, 1.807) is 25.5 Å². The standard InChI is InChI=1S/C32H25F2N5O4/c1-2-42-27-13-18-39(23-6-3-21(33)4-7-23)32(41)29(27)31(40)38-22-5-8-26(25(34)19-22)43-28(9-14-35)30-24(12-17-37-30)20-10-15-36-16-11-20/h3-19,35,37H,2H2,1H3,(H,38,40)/b28-9+,35-14?. The number of benzene rings is 2. The van der Waals surface area contributed by atoms with Crippen LogP contribution in [0.1, 0.15) is 23.0 Å². The smallest absolute Gasteiger partial charge is 0.271 e. The number of pyridine rings is 2. The van der Waals surface area contributed by atoms with Gasteiger partial charge in [-0.3, -0.25) is 19.1 Å². The van der Waals surface area contributed by atoms with Crippen molar-refractivity contribution in [2.75, 3.05) is 11.9 Å². The van der Waals surface area contributed by atoms with Gasteiger partial charge in [-0.2, -0.15) is 0 Å². The van der Waals surface area contributed by atoms with E-state index in [1.807, 2.05) is 18.2 Å². The van der Waals surface area contributed by atoms with Crippen molar-refractivity contribution in [2.45, 2.75) is 6.92 Å². The van der Waals surface area contributed by atoms with Gasteiger partial charge in [0.25, 0.3) is 11.5 Å². The van der Waals surface area contributed by atoms with E-state index in [9.17, 15) is 14.0 Å². The average molecular weight is 582 g/mol. The number of anilines is 1. The molecule has 0 bridgehead atoms. The van der Waals surface area contributed by atoms with Crippen LogP contribution in [0.4, 0.5) is 14.5 Å². The summed E-state index contributed by atoms with van der Waals surface area (Å²) in [5.74, 6) is -2.02. The van der Waals surface area contributed by atoms with Crippen molar-refractivity contribution in [2.24, 2.45) is 0 Å². The Labute approximate surface area is 244 Å². The summed E-state index contributed by atoms with van der Waals surface area (Å²) >= 11 is 0. The van der Waals surface area contributed by atoms with Crippen molar-refractivity contribution in [3.8, 4) is 28.3 Å². The van der Waals surface area contributed by atoms with Crippen molar-refractivity contribution in [1.82, 2.24) is 14.5 Å². The van der Waals surface area contributed by atoms with Gasteiger partial charge in [-0.1, -0.05) is 0 Å². The molecule has 0 saturated heterocycles. The van der Waals surface area contributed by atoms with Gasteiger partial charge in [0.1, 0.15) is 17.1 Å². The molecular formula is C32H25F2N5O4. The Balaban J connectivity index is 1.41. The number of nitrogens with one attached hydrogen (secondary N) is 3. The Kier molecular flexibility index (Phi) is 8.52. The van der Waals surface area contributed by atoms with Gasteiger partial charge < -0.3 is 25.2 Å². The Morgan fingerprint density at radius 3 is 2.51 bits per heavy atom. The summed E-state index contributed by atoms with van der Waals surface area (Å²) in [7, 11) is 0. The highest BCUT2D eigenvalue weighted by atomic mass is 19.1. The van der Waals surface area contributed by atoms with Crippen LogP contribution < -0.4 is 20.3 Å². The molecule has 0 aliphatic heterocycles. The zero-order valence-electron chi connectivity index (χ0n) is 22.8. The van der Waals surface area contributed by atoms with E-state index < -0.39 is 23.1 Å². The van der Waals surface area contributed by atoms with E-state index in [0.717, 1.165) is 23.4 Å². The van der Waals surface area contributed by atoms with E-state index in [1.165, 1.54) is 59.3 Å². The molecule has 0 fully saturated rings. The van der Waals surface area contributed by atoms with Crippen LogP contribution in [-0.2, 0) is 0 Å². The predicted octanol–water partition coefficient (Wildman–Crippen LogP) is 6.23. The number of halogens is 2. The molecule has 0 radical (unpaired) electrons. The number of nitrogens with zero attached hydrogens (tertiary/aromatic N) is 2. The van der Waals surface area contributed by atoms with Gasteiger partial charge in [0.2, 0.25) is 0 Å². The first-order valence-corrected chi connectivity index (χ1v) is 13.1. The predicted molar refractivity (Wildman–Crippen MR) is 159 cm³/mol. The monoisotopic (exact) mass is 581 g/mol. The summed E-state index contributed by atoms with van der Waals surface area (Å²) in [5.41, 5.74) is 1.53. The second kappa shape index (κ2) is 12.8. The van der Waals surface area contributed by atoms with Crippen LogP contribution in [-0.4, -0.2) is 33.3 Å². The maximum atomic E-state index is 15.3. The van der Waals surface area contributed by atoms with Gasteiger partial charge in [-0.15, -0.1) is 0 Å². The molecule has 3 heterocycles. The molecule has 0 atom stereocenters. The first-order chi connectivity index (χ1) is 20.9. The summed E-state index contributed by atoms with van der Waals surface area (Å²) in [6.07, 6.45) is 8.81. The second-order valence-electron chi connectivity index (χ2n) is 9.04. The number of hydrogen-bond donors (Lipinski definition) is 3. The van der Waals surface area contributed by atoms with Gasteiger partial charge in [0.15, 0.2) is 17.3 Å². The third-order valence-electron chi connectivity index (χ3n) is 6.31. The highest BCUT2D eigenvalue weighted by Gasteiger charge is 2.21. The van der Waals surface area contributed by atoms with E-state index in [2.05, 4.69) is 15.3 Å². The van der Waals surface area contributed by atoms with Gasteiger partial charge in [0.05, 0.1) is 12.3 Å². The zero-order valence-corrected chi connectivity index (χ0v) is 22.8. The third kappa shape index (κ3) is 6.25. The van der Waals surface area contributed by atoms with Gasteiger partial charge >= 0.3 is 0 Å². The largest absolute Gasteiger partial charge is 0.493 e. The number of aromatic amines is 1. The van der Waals surface area contributed by atoms with Gasteiger partial charge in [-0.05, 0) is 73.2 Å². The van der Waals surface area contributed by atoms with Crippen LogP contribution in [0.5, 0.6) is 11.5 Å². The van der Waals surface area contributed by atoms with Crippen molar-refractivity contribution < 1.29 is 23.0 Å². The number of carbonyl (C=O) groups excluding carboxylic acids is 1. The summed E-state index contributed by atoms with van der Waals surface area (Å²) < 4.78 is 41.2. The van der Waals surface area contributed by atoms with Crippen LogP contribution >= 0.6 is 0 Å². The second-order valence-corrected chi connectivity index (χ2v) is 9.04. The molecule has 1 amide bonds. The summed E-state index contributed by atoms with van der Waals surface area (Å²) in [4.78, 5) is 33.7. The van der Waals surface area contributed by atoms with Crippen LogP contribution in [0.2, 0.25) is 0 Å². The molecule has 43 heavy (non-hydrogen) atoms. The first kappa shape index (κ1) is 28.7. The van der Waals surface area contributed by atoms with Crippen LogP contribution in [0, 0.1) is 17.0 Å². The lowest BCUT2D eigenvalue weighted by molar-refractivity contribution is 0.102. The van der Waals surface area contributed by atoms with Gasteiger partial charge in [0, 0.05) is 60.1 Å². The Hall–Kier alpha value is -5.84. The fourth-order valence-corrected chi connectivity index (χ4v) is 4.37. The Bertz CT molecular complexity index is 1870. The fraction of sp³-hybridized carbons (Fsp3) is 0.0625. The molecule has 11 heteroatoms. The Morgan fingerprint density at radius 2 is 1.81 bits per heavy atom. The van der Waals surface area contributed by atoms with Crippen molar-refractivity contribution >= 4 is 23.6 Å². The molecular weight excluding hydrogens is 556 g/mol. The number of aromatic nitrogens is 3. The molecule has 5 rings (SSSR count).